The Kier molecular flexibility index (Phi) is 10.8. The van der Waals surface area contributed by atoms with Crippen molar-refractivity contribution in [2.24, 2.45) is 4.99 Å². The molecule has 0 unspecified atom stereocenters. The Morgan fingerprint density at radius 2 is 1.42 bits per heavy atom. The quantitative estimate of drug-likeness (QED) is 0.242. The van der Waals surface area contributed by atoms with E-state index in [-0.39, 0.29) is 0 Å². The summed E-state index contributed by atoms with van der Waals surface area (Å²) in [7, 11) is 0. The maximum atomic E-state index is 12.6. The van der Waals surface area contributed by atoms with E-state index < -0.39 is 11.7 Å². The number of hydrogen-bond donors (Lipinski definition) is 0. The van der Waals surface area contributed by atoms with E-state index in [0.29, 0.717) is 12.1 Å². The van der Waals surface area contributed by atoms with Crippen LogP contribution in [0, 0.1) is 6.42 Å². The molecule has 2 aromatic rings. The molecule has 0 atom stereocenters. The van der Waals surface area contributed by atoms with Gasteiger partial charge in [-0.1, -0.05) is 56.7 Å². The average molecular weight is 432 g/mol. The summed E-state index contributed by atoms with van der Waals surface area (Å²) in [6.07, 6.45) is 5.52. The molecule has 0 saturated heterocycles. The van der Waals surface area contributed by atoms with Crippen molar-refractivity contribution >= 4 is 6.21 Å². The fraction of sp³-hybridized carbons (Fsp3) is 0.462. The first-order chi connectivity index (χ1) is 14.9. The zero-order valence-corrected chi connectivity index (χ0v) is 18.7. The lowest BCUT2D eigenvalue weighted by molar-refractivity contribution is -0.137. The second kappa shape index (κ2) is 13.3. The predicted octanol–water partition coefficient (Wildman–Crippen LogP) is 7.17. The normalized spacial score (nSPS) is 12.2. The molecule has 0 aromatic heterocycles. The summed E-state index contributed by atoms with van der Waals surface area (Å²) >= 11 is 0. The fourth-order valence-electron chi connectivity index (χ4n) is 3.49. The Labute approximate surface area is 185 Å². The van der Waals surface area contributed by atoms with Crippen molar-refractivity contribution in [2.45, 2.75) is 58.7 Å². The minimum Gasteiger partial charge on any atom is -0.303 e. The van der Waals surface area contributed by atoms with Gasteiger partial charge >= 0.3 is 6.18 Å². The summed E-state index contributed by atoms with van der Waals surface area (Å²) in [5.74, 6) is 0. The SMILES string of the molecule is CCCN(CCC)CCCC[CH]c1ccc(CN=Cc2ccc(C(F)(F)F)cc2)cc1. The van der Waals surface area contributed by atoms with E-state index in [9.17, 15) is 13.2 Å². The van der Waals surface area contributed by atoms with Gasteiger partial charge in [0.25, 0.3) is 0 Å². The second-order valence-electron chi connectivity index (χ2n) is 7.87. The van der Waals surface area contributed by atoms with Crippen LogP contribution in [-0.4, -0.2) is 30.7 Å². The molecular formula is C26H34F3N2. The summed E-state index contributed by atoms with van der Waals surface area (Å²) in [4.78, 5) is 6.90. The number of rotatable bonds is 13. The van der Waals surface area contributed by atoms with Gasteiger partial charge < -0.3 is 4.90 Å². The smallest absolute Gasteiger partial charge is 0.303 e. The van der Waals surface area contributed by atoms with E-state index in [4.69, 9.17) is 0 Å². The van der Waals surface area contributed by atoms with Crippen LogP contribution in [-0.2, 0) is 12.7 Å². The van der Waals surface area contributed by atoms with Crippen LogP contribution >= 0.6 is 0 Å². The first-order valence-electron chi connectivity index (χ1n) is 11.2. The molecule has 0 aliphatic rings. The highest BCUT2D eigenvalue weighted by Crippen LogP contribution is 2.28. The van der Waals surface area contributed by atoms with Crippen molar-refractivity contribution < 1.29 is 13.2 Å². The number of halogens is 3. The van der Waals surface area contributed by atoms with Gasteiger partial charge in [-0.05, 0) is 80.6 Å². The molecule has 2 rings (SSSR count). The second-order valence-corrected chi connectivity index (χ2v) is 7.87. The summed E-state index contributed by atoms with van der Waals surface area (Å²) in [5, 5.41) is 0. The van der Waals surface area contributed by atoms with E-state index in [2.05, 4.69) is 54.4 Å². The van der Waals surface area contributed by atoms with E-state index >= 15 is 0 Å². The van der Waals surface area contributed by atoms with Gasteiger partial charge in [0, 0.05) is 6.21 Å². The van der Waals surface area contributed by atoms with Crippen LogP contribution in [0.25, 0.3) is 0 Å². The molecule has 0 bridgehead atoms. The first-order valence-corrected chi connectivity index (χ1v) is 11.2. The van der Waals surface area contributed by atoms with Gasteiger partial charge in [-0.2, -0.15) is 13.2 Å². The first kappa shape index (κ1) is 25.1. The molecule has 0 saturated carbocycles. The summed E-state index contributed by atoms with van der Waals surface area (Å²) in [6.45, 7) is 8.55. The Bertz CT molecular complexity index is 759. The van der Waals surface area contributed by atoms with Crippen LogP contribution < -0.4 is 0 Å². The topological polar surface area (TPSA) is 15.6 Å². The van der Waals surface area contributed by atoms with E-state index in [1.165, 1.54) is 63.0 Å². The molecule has 0 spiro atoms. The Morgan fingerprint density at radius 3 is 2.00 bits per heavy atom. The number of aliphatic imine (C=N–C) groups is 1. The van der Waals surface area contributed by atoms with Crippen LogP contribution in [0.15, 0.2) is 53.5 Å². The standard InChI is InChI=1S/C26H34F3N2/c1-3-17-31(18-4-2)19-7-5-6-8-22-9-11-23(12-10-22)20-30-21-24-13-15-25(16-14-24)26(27,28)29/h8-16,21H,3-7,17-20H2,1-2H3. The number of hydrogen-bond acceptors (Lipinski definition) is 2. The summed E-state index contributed by atoms with van der Waals surface area (Å²) < 4.78 is 37.8. The van der Waals surface area contributed by atoms with Crippen molar-refractivity contribution in [1.82, 2.24) is 4.90 Å². The molecule has 0 amide bonds. The van der Waals surface area contributed by atoms with Crippen LogP contribution in [0.4, 0.5) is 13.2 Å². The molecule has 1 radical (unpaired) electrons. The Hall–Kier alpha value is -2.14. The monoisotopic (exact) mass is 431 g/mol. The molecule has 0 heterocycles. The summed E-state index contributed by atoms with van der Waals surface area (Å²) in [6, 6.07) is 13.4. The number of unbranched alkanes of at least 4 members (excludes halogenated alkanes) is 2. The van der Waals surface area contributed by atoms with Gasteiger partial charge in [0.15, 0.2) is 0 Å². The average Bonchev–Trinajstić information content (AvgIpc) is 2.74. The van der Waals surface area contributed by atoms with Crippen molar-refractivity contribution in [3.63, 3.8) is 0 Å². The van der Waals surface area contributed by atoms with Crippen molar-refractivity contribution in [1.29, 1.82) is 0 Å². The molecule has 2 aromatic carbocycles. The van der Waals surface area contributed by atoms with Gasteiger partial charge in [-0.3, -0.25) is 4.99 Å². The lowest BCUT2D eigenvalue weighted by Gasteiger charge is -2.20. The van der Waals surface area contributed by atoms with Crippen molar-refractivity contribution in [3.05, 3.63) is 77.2 Å². The lowest BCUT2D eigenvalue weighted by atomic mass is 10.0. The van der Waals surface area contributed by atoms with Gasteiger partial charge in [0.1, 0.15) is 0 Å². The maximum absolute atomic E-state index is 12.6. The third kappa shape index (κ3) is 9.69. The van der Waals surface area contributed by atoms with Crippen LogP contribution in [0.2, 0.25) is 0 Å². The highest BCUT2D eigenvalue weighted by molar-refractivity contribution is 5.79. The van der Waals surface area contributed by atoms with Crippen LogP contribution in [0.1, 0.15) is 68.2 Å². The Balaban J connectivity index is 1.70. The molecule has 0 aliphatic carbocycles. The molecular weight excluding hydrogens is 397 g/mol. The van der Waals surface area contributed by atoms with E-state index in [0.717, 1.165) is 24.1 Å². The van der Waals surface area contributed by atoms with Gasteiger partial charge in [-0.25, -0.2) is 0 Å². The van der Waals surface area contributed by atoms with Crippen LogP contribution in [0.3, 0.4) is 0 Å². The van der Waals surface area contributed by atoms with E-state index in [1.807, 2.05) is 0 Å². The van der Waals surface area contributed by atoms with Crippen molar-refractivity contribution in [2.75, 3.05) is 19.6 Å². The maximum Gasteiger partial charge on any atom is 0.416 e. The number of alkyl halides is 3. The molecule has 5 heteroatoms. The molecule has 169 valence electrons. The molecule has 0 N–H and O–H groups in total. The third-order valence-corrected chi connectivity index (χ3v) is 5.12. The highest BCUT2D eigenvalue weighted by atomic mass is 19.4. The van der Waals surface area contributed by atoms with Crippen LogP contribution in [0.5, 0.6) is 0 Å². The zero-order valence-electron chi connectivity index (χ0n) is 18.7. The molecule has 0 aliphatic heterocycles. The summed E-state index contributed by atoms with van der Waals surface area (Å²) in [5.41, 5.74) is 2.31. The minimum atomic E-state index is -4.31. The van der Waals surface area contributed by atoms with E-state index in [1.54, 1.807) is 6.21 Å². The fourth-order valence-corrected chi connectivity index (χ4v) is 3.49. The molecule has 2 nitrogen and oxygen atoms in total. The zero-order chi connectivity index (χ0) is 22.5. The highest BCUT2D eigenvalue weighted by Gasteiger charge is 2.29. The Morgan fingerprint density at radius 1 is 0.806 bits per heavy atom. The molecule has 31 heavy (non-hydrogen) atoms. The largest absolute Gasteiger partial charge is 0.416 e. The minimum absolute atomic E-state index is 0.506. The number of nitrogens with zero attached hydrogens (tertiary/aromatic N) is 2. The third-order valence-electron chi connectivity index (χ3n) is 5.12. The van der Waals surface area contributed by atoms with Crippen molar-refractivity contribution in [3.8, 4) is 0 Å². The van der Waals surface area contributed by atoms with Gasteiger partial charge in [0.2, 0.25) is 0 Å². The van der Waals surface area contributed by atoms with Gasteiger partial charge in [0.05, 0.1) is 12.1 Å². The predicted molar refractivity (Wildman–Crippen MR) is 123 cm³/mol. The number of benzene rings is 2. The van der Waals surface area contributed by atoms with Gasteiger partial charge in [-0.15, -0.1) is 0 Å². The molecule has 0 fully saturated rings. The lowest BCUT2D eigenvalue weighted by Crippen LogP contribution is -2.26.